The largest absolute Gasteiger partial charge is 0.157 e. The summed E-state index contributed by atoms with van der Waals surface area (Å²) in [5.41, 5.74) is 4.26. The molecule has 1 aliphatic rings. The van der Waals surface area contributed by atoms with Crippen LogP contribution in [-0.2, 0) is 17.6 Å². The van der Waals surface area contributed by atoms with Crippen LogP contribution in [0.5, 0.6) is 0 Å². The number of halogens is 1. The molecule has 2 heterocycles. The van der Waals surface area contributed by atoms with Crippen molar-refractivity contribution in [2.24, 2.45) is 0 Å². The Morgan fingerprint density at radius 3 is 2.48 bits per heavy atom. The summed E-state index contributed by atoms with van der Waals surface area (Å²) >= 11 is 10.7. The number of hydrogen-bond acceptors (Lipinski definition) is 2. The van der Waals surface area contributed by atoms with Gasteiger partial charge in [-0.05, 0) is 40.3 Å². The molecule has 1 aliphatic heterocycles. The van der Waals surface area contributed by atoms with Crippen molar-refractivity contribution in [2.75, 3.05) is 5.75 Å². The molecule has 1 unspecified atom stereocenters. The molecule has 1 aromatic carbocycles. The van der Waals surface area contributed by atoms with Crippen LogP contribution < -0.4 is 0 Å². The topological polar surface area (TPSA) is 0 Å². The van der Waals surface area contributed by atoms with Gasteiger partial charge in [0, 0.05) is 15.5 Å². The normalized spacial score (nSPS) is 16.6. The maximum absolute atomic E-state index is 6.72. The molecule has 0 saturated carbocycles. The Hall–Kier alpha value is -0.440. The zero-order valence-corrected chi connectivity index (χ0v) is 15.2. The van der Waals surface area contributed by atoms with Crippen LogP contribution in [0.4, 0.5) is 0 Å². The maximum atomic E-state index is 6.72. The van der Waals surface area contributed by atoms with Crippen molar-refractivity contribution in [3.05, 3.63) is 56.8 Å². The Morgan fingerprint density at radius 2 is 1.86 bits per heavy atom. The van der Waals surface area contributed by atoms with E-state index in [0.29, 0.717) is 0 Å². The summed E-state index contributed by atoms with van der Waals surface area (Å²) in [6, 6.07) is 11.1. The first-order valence-electron chi connectivity index (χ1n) is 7.39. The Labute approximate surface area is 140 Å². The third kappa shape index (κ3) is 3.33. The molecule has 1 atom stereocenters. The number of fused-ring (bicyclic) bond motifs is 1. The standard InChI is InChI=1S/C18H21ClS2/c1-18(2,3)14-6-4-12(5-7-14)17(19)16-10-13-11-20-9-8-15(13)21-16/h4-7,10,17H,8-9,11H2,1-3H3. The maximum Gasteiger partial charge on any atom is 0.0927 e. The molecule has 0 spiro atoms. The highest BCUT2D eigenvalue weighted by Gasteiger charge is 2.20. The number of benzene rings is 1. The van der Waals surface area contributed by atoms with E-state index in [9.17, 15) is 0 Å². The van der Waals surface area contributed by atoms with E-state index in [2.05, 4.69) is 51.1 Å². The number of aryl methyl sites for hydroxylation is 1. The molecule has 1 aromatic heterocycles. The van der Waals surface area contributed by atoms with Crippen molar-refractivity contribution >= 4 is 34.7 Å². The first-order chi connectivity index (χ1) is 9.95. The molecule has 2 aromatic rings. The second kappa shape index (κ2) is 5.98. The molecule has 21 heavy (non-hydrogen) atoms. The quantitative estimate of drug-likeness (QED) is 0.591. The SMILES string of the molecule is CC(C)(C)c1ccc(C(Cl)c2cc3c(s2)CCSC3)cc1. The molecular weight excluding hydrogens is 316 g/mol. The van der Waals surface area contributed by atoms with E-state index in [1.165, 1.54) is 33.7 Å². The second-order valence-corrected chi connectivity index (χ2v) is 9.34. The van der Waals surface area contributed by atoms with Crippen LogP contribution in [0, 0.1) is 0 Å². The lowest BCUT2D eigenvalue weighted by Gasteiger charge is -2.19. The van der Waals surface area contributed by atoms with Crippen LogP contribution >= 0.6 is 34.7 Å². The van der Waals surface area contributed by atoms with Gasteiger partial charge in [-0.2, -0.15) is 11.8 Å². The van der Waals surface area contributed by atoms with Gasteiger partial charge in [0.1, 0.15) is 0 Å². The molecule has 0 amide bonds. The van der Waals surface area contributed by atoms with Gasteiger partial charge in [-0.3, -0.25) is 0 Å². The zero-order valence-electron chi connectivity index (χ0n) is 12.8. The summed E-state index contributed by atoms with van der Waals surface area (Å²) in [5, 5.41) is -0.0142. The molecule has 0 fully saturated rings. The molecule has 0 nitrogen and oxygen atoms in total. The number of thioether (sulfide) groups is 1. The van der Waals surface area contributed by atoms with E-state index in [0.717, 1.165) is 5.75 Å². The fraction of sp³-hybridized carbons (Fsp3) is 0.444. The van der Waals surface area contributed by atoms with E-state index in [-0.39, 0.29) is 10.8 Å². The Kier molecular flexibility index (Phi) is 4.40. The van der Waals surface area contributed by atoms with Crippen LogP contribution in [0.2, 0.25) is 0 Å². The number of thiophene rings is 1. The first kappa shape index (κ1) is 15.5. The predicted octanol–water partition coefficient (Wildman–Crippen LogP) is 6.16. The monoisotopic (exact) mass is 336 g/mol. The van der Waals surface area contributed by atoms with Crippen LogP contribution in [0.25, 0.3) is 0 Å². The average molecular weight is 337 g/mol. The Morgan fingerprint density at radius 1 is 1.14 bits per heavy atom. The lowest BCUT2D eigenvalue weighted by Crippen LogP contribution is -2.10. The van der Waals surface area contributed by atoms with Crippen molar-refractivity contribution < 1.29 is 0 Å². The third-order valence-corrected chi connectivity index (χ3v) is 6.89. The van der Waals surface area contributed by atoms with Crippen molar-refractivity contribution in [3.63, 3.8) is 0 Å². The second-order valence-electron chi connectivity index (χ2n) is 6.63. The Bertz CT molecular complexity index is 596. The van der Waals surface area contributed by atoms with E-state index < -0.39 is 0 Å². The van der Waals surface area contributed by atoms with Gasteiger partial charge in [0.05, 0.1) is 5.38 Å². The third-order valence-electron chi connectivity index (χ3n) is 3.97. The summed E-state index contributed by atoms with van der Waals surface area (Å²) in [4.78, 5) is 2.84. The summed E-state index contributed by atoms with van der Waals surface area (Å²) in [6.07, 6.45) is 1.21. The lowest BCUT2D eigenvalue weighted by molar-refractivity contribution is 0.590. The van der Waals surface area contributed by atoms with Crippen LogP contribution in [0.1, 0.15) is 52.6 Å². The summed E-state index contributed by atoms with van der Waals surface area (Å²) in [7, 11) is 0. The molecule has 3 heteroatoms. The van der Waals surface area contributed by atoms with Crippen molar-refractivity contribution in [1.29, 1.82) is 0 Å². The van der Waals surface area contributed by atoms with Crippen molar-refractivity contribution in [1.82, 2.24) is 0 Å². The Balaban J connectivity index is 1.84. The minimum Gasteiger partial charge on any atom is -0.157 e. The summed E-state index contributed by atoms with van der Waals surface area (Å²) in [6.45, 7) is 6.72. The minimum atomic E-state index is -0.0142. The van der Waals surface area contributed by atoms with Crippen molar-refractivity contribution in [3.8, 4) is 0 Å². The van der Waals surface area contributed by atoms with Crippen LogP contribution in [-0.4, -0.2) is 5.75 Å². The predicted molar refractivity (Wildman–Crippen MR) is 97.0 cm³/mol. The fourth-order valence-corrected chi connectivity index (χ4v) is 5.34. The molecular formula is C18H21ClS2. The van der Waals surface area contributed by atoms with E-state index in [4.69, 9.17) is 11.6 Å². The van der Waals surface area contributed by atoms with Gasteiger partial charge < -0.3 is 0 Å². The fourth-order valence-electron chi connectivity index (χ4n) is 2.61. The summed E-state index contributed by atoms with van der Waals surface area (Å²) < 4.78 is 0. The number of alkyl halides is 1. The average Bonchev–Trinajstić information content (AvgIpc) is 2.89. The van der Waals surface area contributed by atoms with E-state index in [1.54, 1.807) is 4.88 Å². The molecule has 3 rings (SSSR count). The van der Waals surface area contributed by atoms with E-state index in [1.807, 2.05) is 23.1 Å². The van der Waals surface area contributed by atoms with Gasteiger partial charge in [-0.1, -0.05) is 45.0 Å². The molecule has 0 bridgehead atoms. The molecule has 0 N–H and O–H groups in total. The van der Waals surface area contributed by atoms with Gasteiger partial charge >= 0.3 is 0 Å². The molecule has 0 saturated heterocycles. The lowest BCUT2D eigenvalue weighted by atomic mass is 9.86. The van der Waals surface area contributed by atoms with Gasteiger partial charge in [0.25, 0.3) is 0 Å². The van der Waals surface area contributed by atoms with Crippen molar-refractivity contribution in [2.45, 2.75) is 43.7 Å². The van der Waals surface area contributed by atoms with Gasteiger partial charge in [0.15, 0.2) is 0 Å². The number of hydrogen-bond donors (Lipinski definition) is 0. The highest BCUT2D eigenvalue weighted by atomic mass is 35.5. The smallest absolute Gasteiger partial charge is 0.0927 e. The van der Waals surface area contributed by atoms with Crippen LogP contribution in [0.3, 0.4) is 0 Å². The zero-order chi connectivity index (χ0) is 15.0. The van der Waals surface area contributed by atoms with Crippen LogP contribution in [0.15, 0.2) is 30.3 Å². The molecule has 0 radical (unpaired) electrons. The van der Waals surface area contributed by atoms with Gasteiger partial charge in [-0.15, -0.1) is 22.9 Å². The van der Waals surface area contributed by atoms with Gasteiger partial charge in [-0.25, -0.2) is 0 Å². The van der Waals surface area contributed by atoms with Gasteiger partial charge in [0.2, 0.25) is 0 Å². The minimum absolute atomic E-state index is 0.0142. The number of rotatable bonds is 2. The highest BCUT2D eigenvalue weighted by Crippen LogP contribution is 2.39. The molecule has 112 valence electrons. The summed E-state index contributed by atoms with van der Waals surface area (Å²) in [5.74, 6) is 2.40. The first-order valence-corrected chi connectivity index (χ1v) is 9.79. The van der Waals surface area contributed by atoms with E-state index >= 15 is 0 Å². The highest BCUT2D eigenvalue weighted by molar-refractivity contribution is 7.98. The molecule has 0 aliphatic carbocycles.